The van der Waals surface area contributed by atoms with Crippen molar-refractivity contribution < 1.29 is 19.4 Å². The molecule has 1 aliphatic rings. The molecule has 7 heteroatoms. The van der Waals surface area contributed by atoms with Gasteiger partial charge in [-0.25, -0.2) is 4.79 Å². The van der Waals surface area contributed by atoms with Crippen LogP contribution in [0.1, 0.15) is 36.2 Å². The van der Waals surface area contributed by atoms with Crippen LogP contribution in [0.4, 0.5) is 5.82 Å². The minimum Gasteiger partial charge on any atom is -0.477 e. The maximum absolute atomic E-state index is 11.8. The summed E-state index contributed by atoms with van der Waals surface area (Å²) in [6, 6.07) is 1.28. The zero-order valence-corrected chi connectivity index (χ0v) is 10.0. The van der Waals surface area contributed by atoms with Gasteiger partial charge in [0.05, 0.1) is 12.0 Å². The molecule has 98 valence electrons. The number of hydrogen-bond acceptors (Lipinski definition) is 4. The van der Waals surface area contributed by atoms with Gasteiger partial charge in [0.25, 0.3) is 0 Å². The molecule has 0 saturated heterocycles. The van der Waals surface area contributed by atoms with Crippen LogP contribution in [-0.2, 0) is 9.53 Å². The largest absolute Gasteiger partial charge is 0.477 e. The average Bonchev–Trinajstić information content (AvgIpc) is 2.72. The standard InChI is InChI=1S/C11H15N3O4/c1-18-11(3-2-4-11)6-9(15)12-8-5-7(10(16)17)13-14-8/h5H,2-4,6H2,1H3,(H,16,17)(H2,12,13,14,15). The fraction of sp³-hybridized carbons (Fsp3) is 0.545. The van der Waals surface area contributed by atoms with E-state index >= 15 is 0 Å². The highest BCUT2D eigenvalue weighted by atomic mass is 16.5. The smallest absolute Gasteiger partial charge is 0.353 e. The molecule has 1 aliphatic carbocycles. The fourth-order valence-electron chi connectivity index (χ4n) is 2.00. The van der Waals surface area contributed by atoms with Gasteiger partial charge in [0.15, 0.2) is 5.82 Å². The van der Waals surface area contributed by atoms with Crippen molar-refractivity contribution in [1.82, 2.24) is 10.2 Å². The molecule has 1 aromatic rings. The summed E-state index contributed by atoms with van der Waals surface area (Å²) < 4.78 is 5.34. The first-order chi connectivity index (χ1) is 8.54. The lowest BCUT2D eigenvalue weighted by atomic mass is 9.77. The SMILES string of the molecule is COC1(CC(=O)Nc2cc(C(=O)O)[nH]n2)CCC1. The van der Waals surface area contributed by atoms with Crippen LogP contribution in [-0.4, -0.2) is 39.9 Å². The maximum Gasteiger partial charge on any atom is 0.353 e. The van der Waals surface area contributed by atoms with E-state index in [0.717, 1.165) is 19.3 Å². The van der Waals surface area contributed by atoms with Crippen molar-refractivity contribution in [3.8, 4) is 0 Å². The molecular formula is C11H15N3O4. The molecule has 0 radical (unpaired) electrons. The van der Waals surface area contributed by atoms with Gasteiger partial charge in [-0.05, 0) is 19.3 Å². The number of nitrogens with zero attached hydrogens (tertiary/aromatic N) is 1. The number of aromatic amines is 1. The predicted molar refractivity (Wildman–Crippen MR) is 62.4 cm³/mol. The number of carboxylic acids is 1. The number of ether oxygens (including phenoxy) is 1. The lowest BCUT2D eigenvalue weighted by molar-refractivity contribution is -0.129. The first-order valence-electron chi connectivity index (χ1n) is 5.68. The van der Waals surface area contributed by atoms with Gasteiger partial charge in [-0.3, -0.25) is 9.89 Å². The summed E-state index contributed by atoms with van der Waals surface area (Å²) >= 11 is 0. The zero-order valence-electron chi connectivity index (χ0n) is 10.0. The van der Waals surface area contributed by atoms with Crippen LogP contribution in [0, 0.1) is 0 Å². The summed E-state index contributed by atoms with van der Waals surface area (Å²) in [5.41, 5.74) is -0.411. The van der Waals surface area contributed by atoms with Crippen LogP contribution < -0.4 is 5.32 Å². The molecular weight excluding hydrogens is 238 g/mol. The highest BCUT2D eigenvalue weighted by molar-refractivity contribution is 5.92. The second-order valence-electron chi connectivity index (χ2n) is 4.44. The third kappa shape index (κ3) is 2.51. The predicted octanol–water partition coefficient (Wildman–Crippen LogP) is 1.01. The quantitative estimate of drug-likeness (QED) is 0.726. The van der Waals surface area contributed by atoms with Gasteiger partial charge in [-0.2, -0.15) is 5.10 Å². The Morgan fingerprint density at radius 1 is 1.61 bits per heavy atom. The van der Waals surface area contributed by atoms with Crippen LogP contribution in [0.3, 0.4) is 0 Å². The zero-order chi connectivity index (χ0) is 13.2. The monoisotopic (exact) mass is 253 g/mol. The molecule has 0 atom stereocenters. The van der Waals surface area contributed by atoms with Gasteiger partial charge < -0.3 is 15.2 Å². The molecule has 2 rings (SSSR count). The third-order valence-electron chi connectivity index (χ3n) is 3.26. The van der Waals surface area contributed by atoms with E-state index in [9.17, 15) is 9.59 Å². The van der Waals surface area contributed by atoms with Gasteiger partial charge in [0.2, 0.25) is 5.91 Å². The Kier molecular flexibility index (Phi) is 3.33. The van der Waals surface area contributed by atoms with Crippen molar-refractivity contribution in [2.45, 2.75) is 31.3 Å². The Morgan fingerprint density at radius 3 is 2.78 bits per heavy atom. The number of carbonyl (C=O) groups excluding carboxylic acids is 1. The molecule has 0 bridgehead atoms. The number of aromatic nitrogens is 2. The number of anilines is 1. The van der Waals surface area contributed by atoms with Crippen LogP contribution in [0.25, 0.3) is 0 Å². The van der Waals surface area contributed by atoms with Gasteiger partial charge >= 0.3 is 5.97 Å². The summed E-state index contributed by atoms with van der Waals surface area (Å²) in [7, 11) is 1.60. The number of carboxylic acid groups (broad SMARTS) is 1. The summed E-state index contributed by atoms with van der Waals surface area (Å²) in [4.78, 5) is 22.4. The van der Waals surface area contributed by atoms with Crippen LogP contribution >= 0.6 is 0 Å². The number of carbonyl (C=O) groups is 2. The molecule has 3 N–H and O–H groups in total. The molecule has 1 fully saturated rings. The lowest BCUT2D eigenvalue weighted by Gasteiger charge is -2.39. The average molecular weight is 253 g/mol. The Balaban J connectivity index is 1.92. The molecule has 1 aromatic heterocycles. The van der Waals surface area contributed by atoms with E-state index in [4.69, 9.17) is 9.84 Å². The number of methoxy groups -OCH3 is 1. The number of H-pyrrole nitrogens is 1. The lowest BCUT2D eigenvalue weighted by Crippen LogP contribution is -2.42. The fourth-order valence-corrected chi connectivity index (χ4v) is 2.00. The molecule has 0 unspecified atom stereocenters. The van der Waals surface area contributed by atoms with E-state index in [1.54, 1.807) is 7.11 Å². The van der Waals surface area contributed by atoms with Crippen molar-refractivity contribution in [3.05, 3.63) is 11.8 Å². The minimum absolute atomic E-state index is 0.0598. The van der Waals surface area contributed by atoms with E-state index < -0.39 is 5.97 Å². The Hall–Kier alpha value is -1.89. The summed E-state index contributed by atoms with van der Waals surface area (Å²) in [6.07, 6.45) is 3.07. The Bertz CT molecular complexity index is 459. The Labute approximate surface area is 104 Å². The summed E-state index contributed by atoms with van der Waals surface area (Å²) in [5, 5.41) is 17.3. The van der Waals surface area contributed by atoms with E-state index in [2.05, 4.69) is 15.5 Å². The molecule has 7 nitrogen and oxygen atoms in total. The van der Waals surface area contributed by atoms with Crippen LogP contribution in [0.5, 0.6) is 0 Å². The first-order valence-corrected chi connectivity index (χ1v) is 5.68. The maximum atomic E-state index is 11.8. The molecule has 1 saturated carbocycles. The number of amides is 1. The number of nitrogens with one attached hydrogen (secondary N) is 2. The minimum atomic E-state index is -1.12. The molecule has 0 aromatic carbocycles. The van der Waals surface area contributed by atoms with E-state index in [1.165, 1.54) is 6.07 Å². The van der Waals surface area contributed by atoms with Crippen molar-refractivity contribution in [3.63, 3.8) is 0 Å². The number of aromatic carboxylic acids is 1. The summed E-state index contributed by atoms with van der Waals surface area (Å²) in [6.45, 7) is 0. The molecule has 18 heavy (non-hydrogen) atoms. The second kappa shape index (κ2) is 4.77. The van der Waals surface area contributed by atoms with E-state index in [1.807, 2.05) is 0 Å². The highest BCUT2D eigenvalue weighted by Gasteiger charge is 2.39. The van der Waals surface area contributed by atoms with Crippen LogP contribution in [0.2, 0.25) is 0 Å². The number of hydrogen-bond donors (Lipinski definition) is 3. The van der Waals surface area contributed by atoms with Crippen molar-refractivity contribution in [1.29, 1.82) is 0 Å². The number of rotatable bonds is 5. The van der Waals surface area contributed by atoms with Crippen molar-refractivity contribution in [2.24, 2.45) is 0 Å². The highest BCUT2D eigenvalue weighted by Crippen LogP contribution is 2.38. The normalized spacial score (nSPS) is 16.9. The molecule has 0 aliphatic heterocycles. The summed E-state index contributed by atoms with van der Waals surface area (Å²) in [5.74, 6) is -1.13. The molecule has 0 spiro atoms. The third-order valence-corrected chi connectivity index (χ3v) is 3.26. The van der Waals surface area contributed by atoms with Crippen molar-refractivity contribution >= 4 is 17.7 Å². The van der Waals surface area contributed by atoms with E-state index in [-0.39, 0.29) is 29.4 Å². The van der Waals surface area contributed by atoms with Gasteiger partial charge in [-0.1, -0.05) is 0 Å². The molecule has 1 amide bonds. The second-order valence-corrected chi connectivity index (χ2v) is 4.44. The Morgan fingerprint density at radius 2 is 2.33 bits per heavy atom. The van der Waals surface area contributed by atoms with Crippen molar-refractivity contribution in [2.75, 3.05) is 12.4 Å². The van der Waals surface area contributed by atoms with Gasteiger partial charge in [0, 0.05) is 13.2 Å². The van der Waals surface area contributed by atoms with Gasteiger partial charge in [-0.15, -0.1) is 0 Å². The topological polar surface area (TPSA) is 104 Å². The van der Waals surface area contributed by atoms with Crippen LogP contribution in [0.15, 0.2) is 6.07 Å². The molecule has 1 heterocycles. The van der Waals surface area contributed by atoms with Gasteiger partial charge in [0.1, 0.15) is 5.69 Å². The first kappa shape index (κ1) is 12.6. The van der Waals surface area contributed by atoms with E-state index in [0.29, 0.717) is 0 Å².